The fraction of sp³-hybridized carbons (Fsp3) is 0.579. The molecule has 2 N–H and O–H groups in total. The van der Waals surface area contributed by atoms with Crippen molar-refractivity contribution in [1.82, 2.24) is 5.32 Å². The third kappa shape index (κ3) is 3.25. The average Bonchev–Trinajstić information content (AvgIpc) is 3.28. The minimum Gasteiger partial charge on any atom is -0.497 e. The third-order valence-electron chi connectivity index (χ3n) is 5.57. The maximum Gasteiger partial charge on any atom is 0.306 e. The van der Waals surface area contributed by atoms with Gasteiger partial charge in [0.15, 0.2) is 0 Å². The number of fused-ring (bicyclic) bond motifs is 1. The zero-order chi connectivity index (χ0) is 17.3. The number of amides is 1. The third-order valence-corrected chi connectivity index (χ3v) is 5.57. The first-order valence-electron chi connectivity index (χ1n) is 8.63. The van der Waals surface area contributed by atoms with Crippen LogP contribution in [0.3, 0.4) is 0 Å². The molecular weight excluding hydrogens is 306 g/mol. The molecule has 2 aliphatic carbocycles. The zero-order valence-corrected chi connectivity index (χ0v) is 14.2. The number of nitrogens with one attached hydrogen (secondary N) is 1. The van der Waals surface area contributed by atoms with Crippen LogP contribution in [0.1, 0.15) is 44.6 Å². The molecule has 2 aliphatic rings. The van der Waals surface area contributed by atoms with E-state index in [4.69, 9.17) is 4.74 Å². The molecule has 2 saturated carbocycles. The fourth-order valence-corrected chi connectivity index (χ4v) is 4.22. The van der Waals surface area contributed by atoms with Gasteiger partial charge in [-0.1, -0.05) is 25.0 Å². The summed E-state index contributed by atoms with van der Waals surface area (Å²) in [6.07, 6.45) is 4.49. The number of benzene rings is 1. The van der Waals surface area contributed by atoms with Gasteiger partial charge in [-0.3, -0.25) is 9.59 Å². The number of rotatable bonds is 6. The standard InChI is InChI=1S/C19H25NO4/c1-19(11-16(21)22,12-6-5-7-13(10-12)24-2)20-18(23)17-14-8-3-4-9-15(14)17/h5-7,10,14-15,17H,3-4,8-9,11H2,1-2H3,(H,20,23)(H,21,22). The molecule has 0 bridgehead atoms. The van der Waals surface area contributed by atoms with E-state index in [1.807, 2.05) is 18.2 Å². The van der Waals surface area contributed by atoms with E-state index in [0.717, 1.165) is 18.4 Å². The van der Waals surface area contributed by atoms with Gasteiger partial charge in [-0.05, 0) is 49.3 Å². The molecule has 1 amide bonds. The second-order valence-corrected chi connectivity index (χ2v) is 7.26. The minimum absolute atomic E-state index is 0.00142. The largest absolute Gasteiger partial charge is 0.497 e. The Bertz CT molecular complexity index is 632. The van der Waals surface area contributed by atoms with E-state index in [2.05, 4.69) is 5.32 Å². The number of carbonyl (C=O) groups excluding carboxylic acids is 1. The van der Waals surface area contributed by atoms with E-state index in [9.17, 15) is 14.7 Å². The number of ether oxygens (including phenoxy) is 1. The van der Waals surface area contributed by atoms with E-state index >= 15 is 0 Å². The van der Waals surface area contributed by atoms with Crippen molar-refractivity contribution in [3.8, 4) is 5.75 Å². The lowest BCUT2D eigenvalue weighted by Gasteiger charge is -2.30. The summed E-state index contributed by atoms with van der Waals surface area (Å²) in [6.45, 7) is 1.78. The normalized spacial score (nSPS) is 27.5. The Morgan fingerprint density at radius 1 is 1.29 bits per heavy atom. The van der Waals surface area contributed by atoms with Crippen LogP contribution >= 0.6 is 0 Å². The SMILES string of the molecule is COc1cccc(C(C)(CC(=O)O)NC(=O)C2C3CCCCC32)c1. The summed E-state index contributed by atoms with van der Waals surface area (Å²) >= 11 is 0. The quantitative estimate of drug-likeness (QED) is 0.840. The molecule has 0 aliphatic heterocycles. The Morgan fingerprint density at radius 3 is 2.54 bits per heavy atom. The highest BCUT2D eigenvalue weighted by Crippen LogP contribution is 2.55. The Hall–Kier alpha value is -2.04. The van der Waals surface area contributed by atoms with Gasteiger partial charge in [0.05, 0.1) is 19.1 Å². The summed E-state index contributed by atoms with van der Waals surface area (Å²) in [5.41, 5.74) is -0.190. The Labute approximate surface area is 142 Å². The van der Waals surface area contributed by atoms with Gasteiger partial charge in [0.2, 0.25) is 5.91 Å². The Balaban J connectivity index is 1.80. The van der Waals surface area contributed by atoms with Crippen LogP contribution in [0.15, 0.2) is 24.3 Å². The van der Waals surface area contributed by atoms with Crippen molar-refractivity contribution < 1.29 is 19.4 Å². The molecule has 3 rings (SSSR count). The maximum absolute atomic E-state index is 12.8. The molecule has 0 aromatic heterocycles. The van der Waals surface area contributed by atoms with E-state index in [1.54, 1.807) is 20.1 Å². The summed E-state index contributed by atoms with van der Waals surface area (Å²) in [5, 5.41) is 12.4. The van der Waals surface area contributed by atoms with Gasteiger partial charge < -0.3 is 15.2 Å². The van der Waals surface area contributed by atoms with Crippen molar-refractivity contribution in [1.29, 1.82) is 0 Å². The van der Waals surface area contributed by atoms with E-state index in [1.165, 1.54) is 12.8 Å². The van der Waals surface area contributed by atoms with Crippen LogP contribution in [0.25, 0.3) is 0 Å². The van der Waals surface area contributed by atoms with E-state index < -0.39 is 11.5 Å². The number of carboxylic acids is 1. The van der Waals surface area contributed by atoms with Gasteiger partial charge in [-0.15, -0.1) is 0 Å². The molecule has 24 heavy (non-hydrogen) atoms. The molecular formula is C19H25NO4. The molecule has 1 aromatic rings. The number of carboxylic acid groups (broad SMARTS) is 1. The van der Waals surface area contributed by atoms with Crippen LogP contribution in [0, 0.1) is 17.8 Å². The molecule has 0 heterocycles. The average molecular weight is 331 g/mol. The van der Waals surface area contributed by atoms with Crippen LogP contribution in [0.2, 0.25) is 0 Å². The topological polar surface area (TPSA) is 75.6 Å². The summed E-state index contributed by atoms with van der Waals surface area (Å²) in [4.78, 5) is 24.1. The summed E-state index contributed by atoms with van der Waals surface area (Å²) in [7, 11) is 1.57. The maximum atomic E-state index is 12.8. The second-order valence-electron chi connectivity index (χ2n) is 7.26. The predicted molar refractivity (Wildman–Crippen MR) is 89.7 cm³/mol. The molecule has 3 atom stereocenters. The lowest BCUT2D eigenvalue weighted by Crippen LogP contribution is -2.46. The van der Waals surface area contributed by atoms with Crippen LogP contribution in [-0.4, -0.2) is 24.1 Å². The molecule has 0 spiro atoms. The Kier molecular flexibility index (Phi) is 4.52. The highest BCUT2D eigenvalue weighted by atomic mass is 16.5. The molecule has 1 aromatic carbocycles. The van der Waals surface area contributed by atoms with Crippen molar-refractivity contribution in [2.45, 2.75) is 44.6 Å². The summed E-state index contributed by atoms with van der Waals surface area (Å²) < 4.78 is 5.24. The van der Waals surface area contributed by atoms with Gasteiger partial charge in [0, 0.05) is 5.92 Å². The molecule has 3 unspecified atom stereocenters. The summed E-state index contributed by atoms with van der Waals surface area (Å²) in [5.74, 6) is 0.772. The molecule has 5 heteroatoms. The van der Waals surface area contributed by atoms with Crippen molar-refractivity contribution >= 4 is 11.9 Å². The highest BCUT2D eigenvalue weighted by Gasteiger charge is 2.55. The van der Waals surface area contributed by atoms with Crippen LogP contribution < -0.4 is 10.1 Å². The predicted octanol–water partition coefficient (Wildman–Crippen LogP) is 2.94. The molecule has 5 nitrogen and oxygen atoms in total. The van der Waals surface area contributed by atoms with E-state index in [-0.39, 0.29) is 18.2 Å². The van der Waals surface area contributed by atoms with Gasteiger partial charge >= 0.3 is 5.97 Å². The van der Waals surface area contributed by atoms with Crippen LogP contribution in [0.4, 0.5) is 0 Å². The van der Waals surface area contributed by atoms with Crippen molar-refractivity contribution in [2.24, 2.45) is 17.8 Å². The number of aliphatic carboxylic acids is 1. The number of hydrogen-bond acceptors (Lipinski definition) is 3. The zero-order valence-electron chi connectivity index (χ0n) is 14.2. The number of methoxy groups -OCH3 is 1. The highest BCUT2D eigenvalue weighted by molar-refractivity contribution is 5.84. The van der Waals surface area contributed by atoms with Crippen molar-refractivity contribution in [3.05, 3.63) is 29.8 Å². The number of hydrogen-bond donors (Lipinski definition) is 2. The van der Waals surface area contributed by atoms with Crippen molar-refractivity contribution in [3.63, 3.8) is 0 Å². The van der Waals surface area contributed by atoms with Crippen LogP contribution in [0.5, 0.6) is 5.75 Å². The smallest absolute Gasteiger partial charge is 0.306 e. The van der Waals surface area contributed by atoms with Gasteiger partial charge in [-0.25, -0.2) is 0 Å². The molecule has 2 fully saturated rings. The lowest BCUT2D eigenvalue weighted by atomic mass is 9.88. The minimum atomic E-state index is -0.941. The molecule has 130 valence electrons. The van der Waals surface area contributed by atoms with Gasteiger partial charge in [0.25, 0.3) is 0 Å². The first-order valence-corrected chi connectivity index (χ1v) is 8.63. The molecule has 0 radical (unpaired) electrons. The van der Waals surface area contributed by atoms with Crippen molar-refractivity contribution in [2.75, 3.05) is 7.11 Å². The number of carbonyl (C=O) groups is 2. The van der Waals surface area contributed by atoms with Gasteiger partial charge in [-0.2, -0.15) is 0 Å². The fourth-order valence-electron chi connectivity index (χ4n) is 4.22. The first kappa shape index (κ1) is 16.8. The lowest BCUT2D eigenvalue weighted by molar-refractivity contribution is -0.139. The van der Waals surface area contributed by atoms with Crippen LogP contribution in [-0.2, 0) is 15.1 Å². The van der Waals surface area contributed by atoms with Gasteiger partial charge in [0.1, 0.15) is 5.75 Å². The van der Waals surface area contributed by atoms with E-state index in [0.29, 0.717) is 17.6 Å². The molecule has 0 saturated heterocycles. The monoisotopic (exact) mass is 331 g/mol. The Morgan fingerprint density at radius 2 is 1.96 bits per heavy atom. The summed E-state index contributed by atoms with van der Waals surface area (Å²) in [6, 6.07) is 7.26. The second kappa shape index (κ2) is 6.46. The first-order chi connectivity index (χ1) is 11.4.